The number of nitrogens with two attached hydrogens (primary N) is 1. The predicted molar refractivity (Wildman–Crippen MR) is 148 cm³/mol. The zero-order valence-corrected chi connectivity index (χ0v) is 23.9. The molecule has 3 heterocycles. The lowest BCUT2D eigenvalue weighted by Crippen LogP contribution is -2.73. The first-order valence-corrected chi connectivity index (χ1v) is 13.6. The highest BCUT2D eigenvalue weighted by molar-refractivity contribution is 6.33. The zero-order chi connectivity index (χ0) is 29.4. The molecule has 2 aromatic rings. The monoisotopic (exact) mass is 581 g/mol. The predicted octanol–water partition coefficient (Wildman–Crippen LogP) is 4.61. The second-order valence-electron chi connectivity index (χ2n) is 11.0. The lowest BCUT2D eigenvalue weighted by molar-refractivity contribution is -0.172. The number of carbonyl (C=O) groups excluding carboxylic acids is 1. The average Bonchev–Trinajstić information content (AvgIpc) is 2.80. The quantitative estimate of drug-likeness (QED) is 0.392. The molecule has 0 saturated carbocycles. The minimum Gasteiger partial charge on any atom is -0.491 e. The number of likely N-dealkylation sites (tertiary alicyclic amines) is 1. The standard InChI is InChI=1S/C28H35ClF3N5O3/c1-5-6-19(39)10-40-20-7-8-22(29)21(9-20)25-34-24(23(17(3)33)18(4)38)16(2)26(35-25)37-13-27(14-37)11-36(12-27)15-28(30,31)32/h7-9,19,39H,5-6,10-15,33H2,1-4H3/t19-/m1/s1. The van der Waals surface area contributed by atoms with Crippen LogP contribution in [0.3, 0.4) is 0 Å². The molecule has 12 heteroatoms. The Hall–Kier alpha value is -2.89. The molecule has 40 heavy (non-hydrogen) atoms. The molecule has 1 aromatic carbocycles. The van der Waals surface area contributed by atoms with Crippen LogP contribution in [0.25, 0.3) is 17.0 Å². The van der Waals surface area contributed by atoms with E-state index in [-0.39, 0.29) is 29.2 Å². The van der Waals surface area contributed by atoms with Crippen molar-refractivity contribution < 1.29 is 27.8 Å². The number of hydrogen-bond acceptors (Lipinski definition) is 8. The highest BCUT2D eigenvalue weighted by atomic mass is 35.5. The summed E-state index contributed by atoms with van der Waals surface area (Å²) in [6.45, 7) is 7.82. The van der Waals surface area contributed by atoms with Gasteiger partial charge in [0, 0.05) is 48.4 Å². The molecule has 4 rings (SSSR count). The molecule has 218 valence electrons. The van der Waals surface area contributed by atoms with Crippen molar-refractivity contribution >= 4 is 28.8 Å². The van der Waals surface area contributed by atoms with Gasteiger partial charge >= 0.3 is 6.18 Å². The number of benzene rings is 1. The van der Waals surface area contributed by atoms with Crippen LogP contribution < -0.4 is 15.4 Å². The van der Waals surface area contributed by atoms with Crippen LogP contribution in [-0.4, -0.2) is 77.4 Å². The van der Waals surface area contributed by atoms with Crippen LogP contribution in [0.4, 0.5) is 19.0 Å². The van der Waals surface area contributed by atoms with Gasteiger partial charge in [0.1, 0.15) is 18.2 Å². The fourth-order valence-corrected chi connectivity index (χ4v) is 5.77. The summed E-state index contributed by atoms with van der Waals surface area (Å²) in [6, 6.07) is 5.03. The highest BCUT2D eigenvalue weighted by Crippen LogP contribution is 2.44. The van der Waals surface area contributed by atoms with Gasteiger partial charge in [-0.2, -0.15) is 13.2 Å². The Morgan fingerprint density at radius 2 is 1.90 bits per heavy atom. The molecular formula is C28H35ClF3N5O3. The largest absolute Gasteiger partial charge is 0.491 e. The normalized spacial score (nSPS) is 18.2. The molecule has 2 fully saturated rings. The number of aliphatic hydroxyl groups excluding tert-OH is 1. The number of carbonyl (C=O) groups is 1. The third kappa shape index (κ3) is 6.53. The summed E-state index contributed by atoms with van der Waals surface area (Å²) in [7, 11) is 0. The van der Waals surface area contributed by atoms with E-state index in [4.69, 9.17) is 32.0 Å². The number of aliphatic hydroxyl groups is 1. The lowest BCUT2D eigenvalue weighted by atomic mass is 9.72. The van der Waals surface area contributed by atoms with E-state index >= 15 is 0 Å². The molecule has 1 atom stereocenters. The van der Waals surface area contributed by atoms with Gasteiger partial charge in [0.15, 0.2) is 11.6 Å². The molecule has 2 saturated heterocycles. The van der Waals surface area contributed by atoms with Gasteiger partial charge in [-0.1, -0.05) is 24.9 Å². The van der Waals surface area contributed by atoms with Crippen molar-refractivity contribution in [2.45, 2.75) is 52.8 Å². The van der Waals surface area contributed by atoms with Crippen molar-refractivity contribution in [3.8, 4) is 17.1 Å². The number of allylic oxidation sites excluding steroid dienone is 2. The third-order valence-electron chi connectivity index (χ3n) is 7.22. The Bertz CT molecular complexity index is 1300. The maximum Gasteiger partial charge on any atom is 0.401 e. The summed E-state index contributed by atoms with van der Waals surface area (Å²) in [5.74, 6) is 1.05. The van der Waals surface area contributed by atoms with E-state index in [0.29, 0.717) is 71.7 Å². The van der Waals surface area contributed by atoms with E-state index in [1.165, 1.54) is 11.8 Å². The van der Waals surface area contributed by atoms with Crippen LogP contribution in [0, 0.1) is 12.3 Å². The maximum absolute atomic E-state index is 12.8. The van der Waals surface area contributed by atoms with Gasteiger partial charge in [0.25, 0.3) is 0 Å². The van der Waals surface area contributed by atoms with Gasteiger partial charge in [0.05, 0.1) is 28.9 Å². The molecule has 2 aliphatic heterocycles. The van der Waals surface area contributed by atoms with E-state index < -0.39 is 18.8 Å². The van der Waals surface area contributed by atoms with Gasteiger partial charge < -0.3 is 20.5 Å². The molecule has 0 bridgehead atoms. The highest BCUT2D eigenvalue weighted by Gasteiger charge is 2.54. The molecule has 0 radical (unpaired) electrons. The fourth-order valence-electron chi connectivity index (χ4n) is 5.56. The number of alkyl halides is 3. The fraction of sp³-hybridized carbons (Fsp3) is 0.536. The molecule has 0 unspecified atom stereocenters. The van der Waals surface area contributed by atoms with Crippen LogP contribution in [0.2, 0.25) is 5.02 Å². The molecular weight excluding hydrogens is 547 g/mol. The average molecular weight is 582 g/mol. The van der Waals surface area contributed by atoms with E-state index in [0.717, 1.165) is 6.42 Å². The Kier molecular flexibility index (Phi) is 8.68. The van der Waals surface area contributed by atoms with E-state index in [9.17, 15) is 23.1 Å². The number of ketones is 1. The number of aromatic nitrogens is 2. The van der Waals surface area contributed by atoms with Gasteiger partial charge in [-0.15, -0.1) is 0 Å². The van der Waals surface area contributed by atoms with Gasteiger partial charge in [-0.05, 0) is 45.4 Å². The second kappa shape index (κ2) is 11.5. The molecule has 0 amide bonds. The first kappa shape index (κ1) is 30.1. The van der Waals surface area contributed by atoms with E-state index in [1.807, 2.05) is 11.8 Å². The zero-order valence-electron chi connectivity index (χ0n) is 23.1. The summed E-state index contributed by atoms with van der Waals surface area (Å²) in [5.41, 5.74) is 7.94. The molecule has 0 aliphatic carbocycles. The van der Waals surface area contributed by atoms with Crippen molar-refractivity contribution in [1.29, 1.82) is 0 Å². The van der Waals surface area contributed by atoms with Crippen molar-refractivity contribution in [1.82, 2.24) is 14.9 Å². The van der Waals surface area contributed by atoms with Gasteiger partial charge in [-0.25, -0.2) is 9.97 Å². The van der Waals surface area contributed by atoms with Crippen LogP contribution in [0.1, 0.15) is 44.9 Å². The summed E-state index contributed by atoms with van der Waals surface area (Å²) < 4.78 is 44.2. The van der Waals surface area contributed by atoms with Crippen molar-refractivity contribution in [3.05, 3.63) is 40.2 Å². The molecule has 3 N–H and O–H groups in total. The van der Waals surface area contributed by atoms with Crippen molar-refractivity contribution in [2.75, 3.05) is 44.2 Å². The first-order chi connectivity index (χ1) is 18.7. The van der Waals surface area contributed by atoms with Gasteiger partial charge in [-0.3, -0.25) is 9.69 Å². The smallest absolute Gasteiger partial charge is 0.401 e. The van der Waals surface area contributed by atoms with Crippen LogP contribution in [0.5, 0.6) is 5.75 Å². The summed E-state index contributed by atoms with van der Waals surface area (Å²) in [6.07, 6.45) is -3.40. The van der Waals surface area contributed by atoms with Crippen molar-refractivity contribution in [3.63, 3.8) is 0 Å². The number of Topliss-reactive ketones (excluding diaryl/α,β-unsaturated/α-hetero) is 1. The van der Waals surface area contributed by atoms with E-state index in [2.05, 4.69) is 0 Å². The number of halogens is 4. The maximum atomic E-state index is 12.8. The van der Waals surface area contributed by atoms with Crippen LogP contribution in [0.15, 0.2) is 23.9 Å². The number of rotatable bonds is 10. The molecule has 1 spiro atoms. The Balaban J connectivity index is 1.68. The Labute approximate surface area is 237 Å². The van der Waals surface area contributed by atoms with Crippen molar-refractivity contribution in [2.24, 2.45) is 11.1 Å². The Morgan fingerprint density at radius 1 is 1.23 bits per heavy atom. The van der Waals surface area contributed by atoms with Gasteiger partial charge in [0.2, 0.25) is 0 Å². The summed E-state index contributed by atoms with van der Waals surface area (Å²) in [5, 5.41) is 10.4. The SMILES string of the molecule is CCC[C@@H](O)COc1ccc(Cl)c(-c2nc(C(C(C)=O)=C(C)N)c(C)c(N3CC4(CN(CC(F)(F)F)C4)C3)n2)c1. The number of hydrogen-bond donors (Lipinski definition) is 2. The minimum absolute atomic E-state index is 0.116. The topological polar surface area (TPSA) is 105 Å². The number of anilines is 1. The van der Waals surface area contributed by atoms with Crippen LogP contribution >= 0.6 is 11.6 Å². The molecule has 2 aliphatic rings. The number of nitrogens with zero attached hydrogens (tertiary/aromatic N) is 4. The lowest BCUT2D eigenvalue weighted by Gasteiger charge is -2.61. The third-order valence-corrected chi connectivity index (χ3v) is 7.55. The minimum atomic E-state index is -4.22. The second-order valence-corrected chi connectivity index (χ2v) is 11.4. The van der Waals surface area contributed by atoms with E-state index in [1.54, 1.807) is 32.0 Å². The molecule has 1 aromatic heterocycles. The summed E-state index contributed by atoms with van der Waals surface area (Å²) >= 11 is 6.57. The summed E-state index contributed by atoms with van der Waals surface area (Å²) in [4.78, 5) is 25.5. The Morgan fingerprint density at radius 3 is 2.48 bits per heavy atom. The molecule has 8 nitrogen and oxygen atoms in total. The van der Waals surface area contributed by atoms with Crippen LogP contribution in [-0.2, 0) is 4.79 Å². The number of ether oxygens (including phenoxy) is 1. The first-order valence-electron chi connectivity index (χ1n) is 13.2.